The van der Waals surface area contributed by atoms with E-state index >= 15 is 0 Å². The molecule has 3 nitrogen and oxygen atoms in total. The number of fused-ring (bicyclic) bond motifs is 1. The zero-order chi connectivity index (χ0) is 13.0. The molecule has 0 atom stereocenters. The Morgan fingerprint density at radius 3 is 2.94 bits per heavy atom. The summed E-state index contributed by atoms with van der Waals surface area (Å²) in [6.45, 7) is 5.29. The molecule has 96 valence electrons. The molecule has 18 heavy (non-hydrogen) atoms. The topological polar surface area (TPSA) is 39.4 Å². The van der Waals surface area contributed by atoms with Crippen molar-refractivity contribution in [1.29, 1.82) is 0 Å². The first-order valence-electron chi connectivity index (χ1n) is 6.32. The van der Waals surface area contributed by atoms with Crippen LogP contribution in [0.15, 0.2) is 28.7 Å². The lowest BCUT2D eigenvalue weighted by Crippen LogP contribution is -2.00. The highest BCUT2D eigenvalue weighted by Gasteiger charge is 2.11. The van der Waals surface area contributed by atoms with Crippen LogP contribution in [-0.4, -0.2) is 19.0 Å². The van der Waals surface area contributed by atoms with Gasteiger partial charge in [-0.05, 0) is 38.5 Å². The highest BCUT2D eigenvalue weighted by atomic mass is 16.5. The lowest BCUT2D eigenvalue weighted by molar-refractivity contribution is 0.0923. The number of Topliss-reactive ketones (excluding diaryl/α,β-unsaturated/α-hetero) is 1. The van der Waals surface area contributed by atoms with E-state index in [1.54, 1.807) is 0 Å². The molecule has 0 aliphatic rings. The van der Waals surface area contributed by atoms with E-state index in [9.17, 15) is 4.79 Å². The zero-order valence-corrected chi connectivity index (χ0v) is 10.9. The third kappa shape index (κ3) is 2.99. The Bertz CT molecular complexity index is 540. The highest BCUT2D eigenvalue weighted by Crippen LogP contribution is 2.21. The number of hydrogen-bond donors (Lipinski definition) is 0. The third-order valence-corrected chi connectivity index (χ3v) is 2.84. The van der Waals surface area contributed by atoms with Gasteiger partial charge in [0.2, 0.25) is 0 Å². The maximum atomic E-state index is 11.9. The van der Waals surface area contributed by atoms with Crippen molar-refractivity contribution in [3.8, 4) is 0 Å². The molecule has 0 unspecified atom stereocenters. The maximum Gasteiger partial charge on any atom is 0.198 e. The van der Waals surface area contributed by atoms with E-state index in [-0.39, 0.29) is 5.78 Å². The predicted octanol–water partition coefficient (Wildman–Crippen LogP) is 3.74. The Hall–Kier alpha value is -1.61. The van der Waals surface area contributed by atoms with Gasteiger partial charge in [-0.2, -0.15) is 0 Å². The molecule has 0 aliphatic carbocycles. The highest BCUT2D eigenvalue weighted by molar-refractivity contribution is 5.97. The number of rotatable bonds is 6. The maximum absolute atomic E-state index is 11.9. The first-order valence-corrected chi connectivity index (χ1v) is 6.32. The molecule has 0 aliphatic heterocycles. The number of furan rings is 1. The van der Waals surface area contributed by atoms with Crippen molar-refractivity contribution in [2.75, 3.05) is 13.2 Å². The van der Waals surface area contributed by atoms with Gasteiger partial charge in [0.05, 0.1) is 0 Å². The van der Waals surface area contributed by atoms with Crippen LogP contribution in [0.4, 0.5) is 0 Å². The van der Waals surface area contributed by atoms with E-state index in [4.69, 9.17) is 9.15 Å². The summed E-state index contributed by atoms with van der Waals surface area (Å²) in [5, 5.41) is 0.989. The number of carbonyl (C=O) groups excluding carboxylic acids is 1. The normalized spacial score (nSPS) is 11.0. The second kappa shape index (κ2) is 5.83. The van der Waals surface area contributed by atoms with E-state index in [2.05, 4.69) is 0 Å². The van der Waals surface area contributed by atoms with Gasteiger partial charge in [-0.15, -0.1) is 0 Å². The fourth-order valence-corrected chi connectivity index (χ4v) is 1.90. The fourth-order valence-electron chi connectivity index (χ4n) is 1.90. The van der Waals surface area contributed by atoms with Gasteiger partial charge in [0.1, 0.15) is 5.58 Å². The second-order valence-corrected chi connectivity index (χ2v) is 4.38. The van der Waals surface area contributed by atoms with Crippen molar-refractivity contribution in [2.45, 2.75) is 26.7 Å². The summed E-state index contributed by atoms with van der Waals surface area (Å²) >= 11 is 0. The average Bonchev–Trinajstić information content (AvgIpc) is 2.77. The Morgan fingerprint density at radius 1 is 1.33 bits per heavy atom. The third-order valence-electron chi connectivity index (χ3n) is 2.84. The lowest BCUT2D eigenvalue weighted by Gasteiger charge is -1.98. The van der Waals surface area contributed by atoms with Crippen LogP contribution in [0.1, 0.15) is 35.9 Å². The molecule has 1 aromatic heterocycles. The van der Waals surface area contributed by atoms with Crippen LogP contribution in [0.2, 0.25) is 0 Å². The molecule has 0 saturated heterocycles. The summed E-state index contributed by atoms with van der Waals surface area (Å²) in [5.74, 6) is 0.496. The second-order valence-electron chi connectivity index (χ2n) is 4.38. The van der Waals surface area contributed by atoms with Crippen molar-refractivity contribution in [3.63, 3.8) is 0 Å². The number of ether oxygens (including phenoxy) is 1. The molecule has 0 bridgehead atoms. The molecule has 0 spiro atoms. The van der Waals surface area contributed by atoms with Gasteiger partial charge < -0.3 is 9.15 Å². The van der Waals surface area contributed by atoms with E-state index in [1.165, 1.54) is 5.56 Å². The standard InChI is InChI=1S/C15H18O3/c1-3-17-8-4-5-13(16)15-10-12-9-11(2)6-7-14(12)18-15/h6-7,9-10H,3-5,8H2,1-2H3. The van der Waals surface area contributed by atoms with Crippen molar-refractivity contribution < 1.29 is 13.9 Å². The van der Waals surface area contributed by atoms with Crippen molar-refractivity contribution in [2.24, 2.45) is 0 Å². The first-order chi connectivity index (χ1) is 8.70. The summed E-state index contributed by atoms with van der Waals surface area (Å²) in [4.78, 5) is 11.9. The molecule has 3 heteroatoms. The first kappa shape index (κ1) is 12.8. The molecule has 0 amide bonds. The average molecular weight is 246 g/mol. The minimum absolute atomic E-state index is 0.0450. The Labute approximate surface area is 107 Å². The van der Waals surface area contributed by atoms with Crippen LogP contribution in [0.5, 0.6) is 0 Å². The molecule has 0 radical (unpaired) electrons. The van der Waals surface area contributed by atoms with Gasteiger partial charge in [0, 0.05) is 25.0 Å². The molecule has 2 aromatic rings. The van der Waals surface area contributed by atoms with Gasteiger partial charge in [-0.3, -0.25) is 4.79 Å². The molecule has 2 rings (SSSR count). The smallest absolute Gasteiger partial charge is 0.198 e. The van der Waals surface area contributed by atoms with Crippen LogP contribution < -0.4 is 0 Å². The summed E-state index contributed by atoms with van der Waals surface area (Å²) in [7, 11) is 0. The zero-order valence-electron chi connectivity index (χ0n) is 10.9. The van der Waals surface area contributed by atoms with Gasteiger partial charge in [0.15, 0.2) is 11.5 Å². The largest absolute Gasteiger partial charge is 0.453 e. The van der Waals surface area contributed by atoms with Gasteiger partial charge in [-0.1, -0.05) is 11.6 Å². The predicted molar refractivity (Wildman–Crippen MR) is 71.0 cm³/mol. The molecule has 1 aromatic carbocycles. The Balaban J connectivity index is 2.04. The van der Waals surface area contributed by atoms with Crippen LogP contribution in [0, 0.1) is 6.92 Å². The van der Waals surface area contributed by atoms with Crippen molar-refractivity contribution in [1.82, 2.24) is 0 Å². The van der Waals surface area contributed by atoms with E-state index < -0.39 is 0 Å². The molecule has 1 heterocycles. The number of carbonyl (C=O) groups is 1. The summed E-state index contributed by atoms with van der Waals surface area (Å²) < 4.78 is 10.8. The molecule has 0 saturated carbocycles. The van der Waals surface area contributed by atoms with Gasteiger partial charge >= 0.3 is 0 Å². The molecule has 0 fully saturated rings. The number of benzene rings is 1. The van der Waals surface area contributed by atoms with E-state index in [1.807, 2.05) is 38.1 Å². The Morgan fingerprint density at radius 2 is 2.17 bits per heavy atom. The van der Waals surface area contributed by atoms with Crippen LogP contribution >= 0.6 is 0 Å². The fraction of sp³-hybridized carbons (Fsp3) is 0.400. The summed E-state index contributed by atoms with van der Waals surface area (Å²) in [6.07, 6.45) is 1.21. The molecular weight excluding hydrogens is 228 g/mol. The minimum atomic E-state index is 0.0450. The monoisotopic (exact) mass is 246 g/mol. The summed E-state index contributed by atoms with van der Waals surface area (Å²) in [6, 6.07) is 7.73. The number of hydrogen-bond acceptors (Lipinski definition) is 3. The SMILES string of the molecule is CCOCCCC(=O)c1cc2cc(C)ccc2o1. The number of aryl methyl sites for hydroxylation is 1. The van der Waals surface area contributed by atoms with Crippen LogP contribution in [-0.2, 0) is 4.74 Å². The van der Waals surface area contributed by atoms with Gasteiger partial charge in [-0.25, -0.2) is 0 Å². The quantitative estimate of drug-likeness (QED) is 0.575. The molecule has 0 N–H and O–H groups in total. The Kier molecular flexibility index (Phi) is 4.15. The van der Waals surface area contributed by atoms with Crippen LogP contribution in [0.3, 0.4) is 0 Å². The summed E-state index contributed by atoms with van der Waals surface area (Å²) in [5.41, 5.74) is 1.94. The molecular formula is C15H18O3. The van der Waals surface area contributed by atoms with Crippen molar-refractivity contribution in [3.05, 3.63) is 35.6 Å². The lowest BCUT2D eigenvalue weighted by atomic mass is 10.1. The van der Waals surface area contributed by atoms with Gasteiger partial charge in [0.25, 0.3) is 0 Å². The van der Waals surface area contributed by atoms with E-state index in [0.29, 0.717) is 25.4 Å². The van der Waals surface area contributed by atoms with Crippen LogP contribution in [0.25, 0.3) is 11.0 Å². The van der Waals surface area contributed by atoms with E-state index in [0.717, 1.165) is 17.4 Å². The minimum Gasteiger partial charge on any atom is -0.453 e. The van der Waals surface area contributed by atoms with Crippen molar-refractivity contribution >= 4 is 16.8 Å². The number of ketones is 1.